The molecular weight excluding hydrogens is 148 g/mol. The summed E-state index contributed by atoms with van der Waals surface area (Å²) in [5, 5.41) is 8.47. The highest BCUT2D eigenvalue weighted by atomic mass is 32.2. The average molecular weight is 156 g/mol. The summed E-state index contributed by atoms with van der Waals surface area (Å²) in [6, 6.07) is 0. The van der Waals surface area contributed by atoms with Gasteiger partial charge >= 0.3 is 5.97 Å². The van der Waals surface area contributed by atoms with Gasteiger partial charge in [-0.05, 0) is 18.6 Å². The van der Waals surface area contributed by atoms with Crippen molar-refractivity contribution in [1.29, 1.82) is 0 Å². The molecule has 54 valence electrons. The minimum atomic E-state index is -1.02. The van der Waals surface area contributed by atoms with E-state index in [0.29, 0.717) is 0 Å². The zero-order chi connectivity index (χ0) is 7.40. The van der Waals surface area contributed by atoms with Crippen LogP contribution in [0.4, 0.5) is 0 Å². The van der Waals surface area contributed by atoms with Crippen LogP contribution >= 0.6 is 11.8 Å². The van der Waals surface area contributed by atoms with Crippen molar-refractivity contribution in [2.24, 2.45) is 0 Å². The Morgan fingerprint density at radius 3 is 3.00 bits per heavy atom. The monoisotopic (exact) mass is 156 g/mol. The molecule has 10 heavy (non-hydrogen) atoms. The van der Waals surface area contributed by atoms with Crippen LogP contribution < -0.4 is 0 Å². The fourth-order valence-electron chi connectivity index (χ4n) is 0.834. The van der Waals surface area contributed by atoms with Gasteiger partial charge in [0.15, 0.2) is 0 Å². The number of carboxylic acids is 1. The molecule has 1 rings (SSSR count). The van der Waals surface area contributed by atoms with Crippen molar-refractivity contribution in [2.75, 3.05) is 5.75 Å². The van der Waals surface area contributed by atoms with E-state index in [4.69, 9.17) is 5.11 Å². The number of rotatable bonds is 0. The molecule has 0 amide bonds. The van der Waals surface area contributed by atoms with Gasteiger partial charge in [0.1, 0.15) is 0 Å². The van der Waals surface area contributed by atoms with Crippen molar-refractivity contribution in [3.05, 3.63) is 0 Å². The van der Waals surface area contributed by atoms with E-state index in [2.05, 4.69) is 11.8 Å². The maximum Gasteiger partial charge on any atom is 0.381 e. The zero-order valence-electron chi connectivity index (χ0n) is 5.46. The van der Waals surface area contributed by atoms with Crippen LogP contribution in [0.1, 0.15) is 12.8 Å². The summed E-state index contributed by atoms with van der Waals surface area (Å²) in [6.45, 7) is 0. The second-order valence-corrected chi connectivity index (χ2v) is 3.39. The van der Waals surface area contributed by atoms with Crippen molar-refractivity contribution in [3.8, 4) is 11.8 Å². The van der Waals surface area contributed by atoms with Gasteiger partial charge in [-0.3, -0.25) is 0 Å². The van der Waals surface area contributed by atoms with Crippen molar-refractivity contribution in [1.82, 2.24) is 0 Å². The van der Waals surface area contributed by atoms with Gasteiger partial charge in [0.25, 0.3) is 0 Å². The Labute approximate surface area is 64.0 Å². The first-order chi connectivity index (χ1) is 4.79. The molecule has 0 saturated carbocycles. The van der Waals surface area contributed by atoms with Crippen LogP contribution in [0.5, 0.6) is 0 Å². The molecule has 2 nitrogen and oxygen atoms in total. The third kappa shape index (κ3) is 2.32. The van der Waals surface area contributed by atoms with Crippen LogP contribution in [0.25, 0.3) is 0 Å². The quantitative estimate of drug-likeness (QED) is 0.531. The normalized spacial score (nSPS) is 23.4. The van der Waals surface area contributed by atoms with Crippen molar-refractivity contribution < 1.29 is 9.90 Å². The average Bonchev–Trinajstić information content (AvgIpc) is 2.34. The summed E-state index contributed by atoms with van der Waals surface area (Å²) in [4.78, 5) is 9.97. The number of thioether (sulfide) groups is 1. The molecule has 0 radical (unpaired) electrons. The lowest BCUT2D eigenvalue weighted by Crippen LogP contribution is -1.93. The zero-order valence-corrected chi connectivity index (χ0v) is 6.28. The number of carbonyl (C=O) groups is 1. The summed E-state index contributed by atoms with van der Waals surface area (Å²) < 4.78 is 0. The Morgan fingerprint density at radius 2 is 2.50 bits per heavy atom. The lowest BCUT2D eigenvalue weighted by atomic mass is 10.2. The predicted molar refractivity (Wildman–Crippen MR) is 40.9 cm³/mol. The minimum absolute atomic E-state index is 0.274. The number of aliphatic carboxylic acids is 1. The van der Waals surface area contributed by atoms with Crippen LogP contribution in [-0.4, -0.2) is 22.1 Å². The van der Waals surface area contributed by atoms with E-state index < -0.39 is 5.97 Å². The molecule has 0 bridgehead atoms. The third-order valence-electron chi connectivity index (χ3n) is 1.27. The van der Waals surface area contributed by atoms with Crippen LogP contribution in [0.3, 0.4) is 0 Å². The van der Waals surface area contributed by atoms with Gasteiger partial charge < -0.3 is 5.11 Å². The van der Waals surface area contributed by atoms with Crippen molar-refractivity contribution in [2.45, 2.75) is 18.1 Å². The van der Waals surface area contributed by atoms with Gasteiger partial charge in [0.2, 0.25) is 0 Å². The highest BCUT2D eigenvalue weighted by molar-refractivity contribution is 8.00. The standard InChI is InChI=1S/C7H8O2S/c8-7(9)4-3-6-2-1-5-10-6/h6H,1-2,5H2,(H,8,9). The number of carboxylic acid groups (broad SMARTS) is 1. The Hall–Kier alpha value is -0.620. The lowest BCUT2D eigenvalue weighted by molar-refractivity contribution is -0.130. The largest absolute Gasteiger partial charge is 0.472 e. The first-order valence-electron chi connectivity index (χ1n) is 3.15. The number of hydrogen-bond donors (Lipinski definition) is 1. The molecular formula is C7H8O2S. The summed E-state index contributed by atoms with van der Waals surface area (Å²) in [7, 11) is 0. The molecule has 0 spiro atoms. The van der Waals surface area contributed by atoms with Gasteiger partial charge in [-0.25, -0.2) is 4.79 Å². The van der Waals surface area contributed by atoms with Gasteiger partial charge in [-0.15, -0.1) is 11.8 Å². The van der Waals surface area contributed by atoms with Gasteiger partial charge in [-0.1, -0.05) is 5.92 Å². The molecule has 3 heteroatoms. The maximum absolute atomic E-state index is 9.97. The van der Waals surface area contributed by atoms with E-state index in [0.717, 1.165) is 12.2 Å². The molecule has 0 aromatic heterocycles. The molecule has 1 unspecified atom stereocenters. The molecule has 1 saturated heterocycles. The summed E-state index contributed by atoms with van der Waals surface area (Å²) in [5.74, 6) is 4.93. The molecule has 1 aliphatic rings. The fourth-order valence-corrected chi connectivity index (χ4v) is 1.93. The van der Waals surface area contributed by atoms with E-state index in [1.807, 2.05) is 0 Å². The topological polar surface area (TPSA) is 37.3 Å². The first-order valence-corrected chi connectivity index (χ1v) is 4.20. The molecule has 1 N–H and O–H groups in total. The molecule has 1 aliphatic heterocycles. The van der Waals surface area contributed by atoms with Crippen LogP contribution in [0, 0.1) is 11.8 Å². The summed E-state index contributed by atoms with van der Waals surface area (Å²) in [5.41, 5.74) is 0. The van der Waals surface area contributed by atoms with Crippen molar-refractivity contribution >= 4 is 17.7 Å². The first kappa shape index (κ1) is 7.49. The Balaban J connectivity index is 2.38. The second kappa shape index (κ2) is 3.52. The van der Waals surface area contributed by atoms with Crippen molar-refractivity contribution in [3.63, 3.8) is 0 Å². The van der Waals surface area contributed by atoms with Crippen LogP contribution in [0.15, 0.2) is 0 Å². The molecule has 0 aliphatic carbocycles. The van der Waals surface area contributed by atoms with Gasteiger partial charge in [-0.2, -0.15) is 0 Å². The Kier molecular flexibility index (Phi) is 2.64. The second-order valence-electron chi connectivity index (χ2n) is 2.08. The summed E-state index contributed by atoms with van der Waals surface area (Å²) >= 11 is 1.75. The highest BCUT2D eigenvalue weighted by Gasteiger charge is 2.11. The van der Waals surface area contributed by atoms with E-state index in [-0.39, 0.29) is 5.25 Å². The van der Waals surface area contributed by atoms with Gasteiger partial charge in [0, 0.05) is 5.92 Å². The highest BCUT2D eigenvalue weighted by Crippen LogP contribution is 2.24. The van der Waals surface area contributed by atoms with Crippen LogP contribution in [-0.2, 0) is 4.79 Å². The number of hydrogen-bond acceptors (Lipinski definition) is 2. The van der Waals surface area contributed by atoms with Crippen LogP contribution in [0.2, 0.25) is 0 Å². The van der Waals surface area contributed by atoms with Gasteiger partial charge in [0.05, 0.1) is 5.25 Å². The smallest absolute Gasteiger partial charge is 0.381 e. The third-order valence-corrected chi connectivity index (χ3v) is 2.55. The SMILES string of the molecule is O=C(O)C#CC1CCCS1. The summed E-state index contributed by atoms with van der Waals surface area (Å²) in [6.07, 6.45) is 2.22. The van der Waals surface area contributed by atoms with E-state index in [9.17, 15) is 4.79 Å². The molecule has 1 atom stereocenters. The van der Waals surface area contributed by atoms with E-state index >= 15 is 0 Å². The fraction of sp³-hybridized carbons (Fsp3) is 0.571. The molecule has 1 heterocycles. The van der Waals surface area contributed by atoms with E-state index in [1.165, 1.54) is 6.42 Å². The Morgan fingerprint density at radius 1 is 1.70 bits per heavy atom. The minimum Gasteiger partial charge on any atom is -0.472 e. The Bertz CT molecular complexity index is 184. The molecule has 0 aromatic rings. The maximum atomic E-state index is 9.97. The molecule has 0 aromatic carbocycles. The predicted octanol–water partition coefficient (Wildman–Crippen LogP) is 0.970. The lowest BCUT2D eigenvalue weighted by Gasteiger charge is -1.92. The van der Waals surface area contributed by atoms with E-state index in [1.54, 1.807) is 11.8 Å². The molecule has 1 fully saturated rings.